The van der Waals surface area contributed by atoms with Crippen LogP contribution < -0.4 is 19.1 Å². The quantitative estimate of drug-likeness (QED) is 0.466. The first-order valence-corrected chi connectivity index (χ1v) is 12.4. The number of methoxy groups -OCH3 is 2. The van der Waals surface area contributed by atoms with E-state index in [1.54, 1.807) is 26.4 Å². The molecule has 184 valence electrons. The Labute approximate surface area is 207 Å². The van der Waals surface area contributed by atoms with Crippen molar-refractivity contribution < 1.29 is 23.6 Å². The summed E-state index contributed by atoms with van der Waals surface area (Å²) in [5, 5.41) is 9.13. The Hall–Kier alpha value is -3.56. The third kappa shape index (κ3) is 6.12. The van der Waals surface area contributed by atoms with Crippen molar-refractivity contribution in [2.24, 2.45) is 0 Å². The van der Waals surface area contributed by atoms with E-state index in [0.717, 1.165) is 49.9 Å². The second kappa shape index (κ2) is 11.2. The van der Waals surface area contributed by atoms with Crippen LogP contribution >= 0.6 is 0 Å². The van der Waals surface area contributed by atoms with Crippen molar-refractivity contribution in [2.45, 2.75) is 11.4 Å². The van der Waals surface area contributed by atoms with E-state index < -0.39 is 17.0 Å². The van der Waals surface area contributed by atoms with Crippen LogP contribution in [0.4, 0.5) is 11.4 Å². The van der Waals surface area contributed by atoms with Gasteiger partial charge in [-0.1, -0.05) is 12.1 Å². The number of hydrogen-bond acceptors (Lipinski definition) is 6. The predicted octanol–water partition coefficient (Wildman–Crippen LogP) is 3.86. The van der Waals surface area contributed by atoms with Crippen LogP contribution in [0.3, 0.4) is 0 Å². The minimum atomic E-state index is -1.55. The van der Waals surface area contributed by atoms with Crippen LogP contribution in [0.2, 0.25) is 0 Å². The second-order valence-corrected chi connectivity index (χ2v) is 9.42. The molecule has 0 amide bonds. The van der Waals surface area contributed by atoms with E-state index in [9.17, 15) is 9.00 Å². The molecule has 1 aliphatic rings. The molecule has 0 saturated carbocycles. The van der Waals surface area contributed by atoms with Gasteiger partial charge in [-0.25, -0.2) is 9.00 Å². The predicted molar refractivity (Wildman–Crippen MR) is 137 cm³/mol. The normalized spacial score (nSPS) is 14.9. The summed E-state index contributed by atoms with van der Waals surface area (Å²) in [6.07, 6.45) is 0. The van der Waals surface area contributed by atoms with Gasteiger partial charge in [0, 0.05) is 44.1 Å². The minimum Gasteiger partial charge on any atom is -0.493 e. The number of piperazine rings is 1. The third-order valence-electron chi connectivity index (χ3n) is 5.96. The first kappa shape index (κ1) is 24.6. The summed E-state index contributed by atoms with van der Waals surface area (Å²) in [6.45, 7) is 4.56. The highest BCUT2D eigenvalue weighted by atomic mass is 32.2. The fraction of sp³-hybridized carbons (Fsp3) is 0.269. The van der Waals surface area contributed by atoms with Crippen LogP contribution in [-0.4, -0.2) is 60.6 Å². The monoisotopic (exact) mass is 495 g/mol. The lowest BCUT2D eigenvalue weighted by atomic mass is 10.1. The highest BCUT2D eigenvalue weighted by Crippen LogP contribution is 2.28. The Morgan fingerprint density at radius 2 is 1.66 bits per heavy atom. The highest BCUT2D eigenvalue weighted by Gasteiger charge is 2.18. The Bertz CT molecular complexity index is 1190. The molecule has 4 rings (SSSR count). The first-order chi connectivity index (χ1) is 17.0. The molecule has 0 aliphatic carbocycles. The highest BCUT2D eigenvalue weighted by molar-refractivity contribution is 7.86. The fourth-order valence-corrected chi connectivity index (χ4v) is 4.96. The molecule has 0 aromatic heterocycles. The summed E-state index contributed by atoms with van der Waals surface area (Å²) >= 11 is 0. The van der Waals surface area contributed by atoms with Crippen LogP contribution in [-0.2, 0) is 17.5 Å². The minimum absolute atomic E-state index is 0.110. The molecule has 8 nitrogen and oxygen atoms in total. The van der Waals surface area contributed by atoms with Crippen LogP contribution in [0.5, 0.6) is 11.5 Å². The molecule has 0 bridgehead atoms. The molecule has 3 aromatic rings. The van der Waals surface area contributed by atoms with E-state index in [1.807, 2.05) is 36.4 Å². The van der Waals surface area contributed by atoms with Crippen LogP contribution in [0.1, 0.15) is 15.9 Å². The van der Waals surface area contributed by atoms with Crippen molar-refractivity contribution in [3.05, 3.63) is 77.9 Å². The molecule has 9 heteroatoms. The maximum atomic E-state index is 12.6. The van der Waals surface area contributed by atoms with Crippen molar-refractivity contribution in [1.29, 1.82) is 0 Å². The number of ether oxygens (including phenoxy) is 2. The summed E-state index contributed by atoms with van der Waals surface area (Å²) in [6, 6.07) is 20.0. The molecular weight excluding hydrogens is 466 g/mol. The topological polar surface area (TPSA) is 91.3 Å². The molecular formula is C26H29N3O5S. The van der Waals surface area contributed by atoms with Gasteiger partial charge in [-0.15, -0.1) is 0 Å². The van der Waals surface area contributed by atoms with Gasteiger partial charge in [0.05, 0.1) is 24.7 Å². The lowest BCUT2D eigenvalue weighted by molar-refractivity contribution is 0.0696. The van der Waals surface area contributed by atoms with E-state index in [2.05, 4.69) is 20.6 Å². The molecule has 35 heavy (non-hydrogen) atoms. The number of carboxylic acids is 1. The van der Waals surface area contributed by atoms with Gasteiger partial charge >= 0.3 is 5.97 Å². The van der Waals surface area contributed by atoms with Crippen LogP contribution in [0, 0.1) is 0 Å². The van der Waals surface area contributed by atoms with E-state index >= 15 is 0 Å². The van der Waals surface area contributed by atoms with Gasteiger partial charge in [0.15, 0.2) is 11.5 Å². The van der Waals surface area contributed by atoms with Gasteiger partial charge in [-0.3, -0.25) is 4.90 Å². The molecule has 1 unspecified atom stereocenters. The maximum absolute atomic E-state index is 12.6. The summed E-state index contributed by atoms with van der Waals surface area (Å²) in [7, 11) is 1.73. The summed E-state index contributed by atoms with van der Waals surface area (Å²) in [4.78, 5) is 16.3. The van der Waals surface area contributed by atoms with Crippen LogP contribution in [0.15, 0.2) is 71.6 Å². The van der Waals surface area contributed by atoms with E-state index in [0.29, 0.717) is 10.6 Å². The van der Waals surface area contributed by atoms with Crippen molar-refractivity contribution in [1.82, 2.24) is 4.90 Å². The zero-order valence-corrected chi connectivity index (χ0v) is 20.6. The van der Waals surface area contributed by atoms with Gasteiger partial charge in [0.2, 0.25) is 0 Å². The van der Waals surface area contributed by atoms with E-state index in [-0.39, 0.29) is 5.56 Å². The number of carbonyl (C=O) groups is 1. The second-order valence-electron chi connectivity index (χ2n) is 8.20. The zero-order valence-electron chi connectivity index (χ0n) is 19.8. The molecule has 1 heterocycles. The Balaban J connectivity index is 1.31. The third-order valence-corrected chi connectivity index (χ3v) is 7.07. The molecule has 2 N–H and O–H groups in total. The van der Waals surface area contributed by atoms with Gasteiger partial charge < -0.3 is 24.2 Å². The summed E-state index contributed by atoms with van der Waals surface area (Å²) in [5.74, 6) is 0.432. The molecule has 0 spiro atoms. The fourth-order valence-electron chi connectivity index (χ4n) is 4.05. The molecule has 3 aromatic carbocycles. The van der Waals surface area contributed by atoms with Crippen molar-refractivity contribution in [3.63, 3.8) is 0 Å². The SMILES string of the molecule is COc1ccc(CN2CCN(c3ccc(NS(=O)c4cccc(C(=O)O)c4)cc3)CC2)cc1OC. The molecule has 1 aliphatic heterocycles. The summed E-state index contributed by atoms with van der Waals surface area (Å²) < 4.78 is 26.3. The van der Waals surface area contributed by atoms with E-state index in [4.69, 9.17) is 14.6 Å². The Kier molecular flexibility index (Phi) is 7.89. The molecule has 1 fully saturated rings. The Morgan fingerprint density at radius 3 is 2.31 bits per heavy atom. The van der Waals surface area contributed by atoms with Gasteiger partial charge in [-0.05, 0) is 60.2 Å². The number of nitrogens with zero attached hydrogens (tertiary/aromatic N) is 2. The maximum Gasteiger partial charge on any atom is 0.335 e. The largest absolute Gasteiger partial charge is 0.493 e. The summed E-state index contributed by atoms with van der Waals surface area (Å²) in [5.41, 5.74) is 3.12. The van der Waals surface area contributed by atoms with Crippen molar-refractivity contribution >= 4 is 28.3 Å². The molecule has 1 saturated heterocycles. The lowest BCUT2D eigenvalue weighted by Gasteiger charge is -2.36. The van der Waals surface area contributed by atoms with Gasteiger partial charge in [0.25, 0.3) is 0 Å². The average molecular weight is 496 g/mol. The van der Waals surface area contributed by atoms with Crippen molar-refractivity contribution in [3.8, 4) is 11.5 Å². The number of carboxylic acid groups (broad SMARTS) is 1. The number of aromatic carboxylic acids is 1. The number of hydrogen-bond donors (Lipinski definition) is 2. The number of nitrogens with one attached hydrogen (secondary N) is 1. The molecule has 1 atom stereocenters. The van der Waals surface area contributed by atoms with Crippen molar-refractivity contribution in [2.75, 3.05) is 50.0 Å². The lowest BCUT2D eigenvalue weighted by Crippen LogP contribution is -2.45. The first-order valence-electron chi connectivity index (χ1n) is 11.3. The smallest absolute Gasteiger partial charge is 0.335 e. The number of benzene rings is 3. The Morgan fingerprint density at radius 1 is 0.943 bits per heavy atom. The number of anilines is 2. The standard InChI is InChI=1S/C26H29N3O5S/c1-33-24-11-6-19(16-25(24)34-2)18-28-12-14-29(15-13-28)22-9-7-21(8-10-22)27-35(32)23-5-3-4-20(17-23)26(30)31/h3-11,16-17,27H,12-15,18H2,1-2H3,(H,30,31). The molecule has 0 radical (unpaired) electrons. The van der Waals surface area contributed by atoms with Gasteiger partial charge in [0.1, 0.15) is 11.0 Å². The van der Waals surface area contributed by atoms with E-state index in [1.165, 1.54) is 17.7 Å². The van der Waals surface area contributed by atoms with Gasteiger partial charge in [-0.2, -0.15) is 0 Å². The average Bonchev–Trinajstić information content (AvgIpc) is 2.89. The number of rotatable bonds is 9. The van der Waals surface area contributed by atoms with Crippen LogP contribution in [0.25, 0.3) is 0 Å². The zero-order chi connectivity index (χ0) is 24.8.